The number of aryl methyl sites for hydroxylation is 1. The van der Waals surface area contributed by atoms with E-state index in [1.165, 1.54) is 36.4 Å². The summed E-state index contributed by atoms with van der Waals surface area (Å²) < 4.78 is 5.15. The van der Waals surface area contributed by atoms with Crippen LogP contribution in [0.3, 0.4) is 0 Å². The van der Waals surface area contributed by atoms with Crippen molar-refractivity contribution in [3.63, 3.8) is 0 Å². The molecule has 0 unspecified atom stereocenters. The molecule has 25 heavy (non-hydrogen) atoms. The molecule has 7 heteroatoms. The molecule has 1 amide bonds. The van der Waals surface area contributed by atoms with Crippen molar-refractivity contribution in [2.75, 3.05) is 25.5 Å². The van der Waals surface area contributed by atoms with Crippen LogP contribution in [0.5, 0.6) is 5.75 Å². The minimum Gasteiger partial charge on any atom is -0.495 e. The number of nitrogens with one attached hydrogen (secondary N) is 2. The number of anilines is 1. The minimum atomic E-state index is -0.493. The number of nitro benzene ring substituents is 1. The second kappa shape index (κ2) is 8.68. The third-order valence-electron chi connectivity index (χ3n) is 3.81. The Labute approximate surface area is 146 Å². The molecule has 0 fully saturated rings. The number of benzene rings is 2. The van der Waals surface area contributed by atoms with Crippen molar-refractivity contribution in [1.29, 1.82) is 0 Å². The number of non-ortho nitro benzene ring substituents is 1. The number of amides is 1. The lowest BCUT2D eigenvalue weighted by atomic mass is 10.1. The van der Waals surface area contributed by atoms with Gasteiger partial charge in [-0.2, -0.15) is 0 Å². The minimum absolute atomic E-state index is 0.00526. The maximum atomic E-state index is 12.0. The fraction of sp³-hybridized carbons (Fsp3) is 0.278. The molecule has 2 N–H and O–H groups in total. The van der Waals surface area contributed by atoms with Gasteiger partial charge in [0.05, 0.1) is 24.3 Å². The third kappa shape index (κ3) is 5.20. The van der Waals surface area contributed by atoms with E-state index < -0.39 is 4.92 Å². The van der Waals surface area contributed by atoms with Crippen LogP contribution >= 0.6 is 0 Å². The second-order valence-electron chi connectivity index (χ2n) is 5.52. The van der Waals surface area contributed by atoms with Crippen LogP contribution in [0.4, 0.5) is 11.4 Å². The topological polar surface area (TPSA) is 93.5 Å². The molecule has 0 saturated carbocycles. The summed E-state index contributed by atoms with van der Waals surface area (Å²) in [5.41, 5.74) is 2.72. The number of ether oxygens (including phenoxy) is 1. The number of nitrogens with zero attached hydrogens (tertiary/aromatic N) is 1. The summed E-state index contributed by atoms with van der Waals surface area (Å²) in [6, 6.07) is 12.2. The summed E-state index contributed by atoms with van der Waals surface area (Å²) in [4.78, 5) is 22.3. The van der Waals surface area contributed by atoms with Crippen LogP contribution < -0.4 is 15.4 Å². The van der Waals surface area contributed by atoms with Gasteiger partial charge in [-0.3, -0.25) is 14.9 Å². The van der Waals surface area contributed by atoms with Crippen LogP contribution in [0, 0.1) is 17.0 Å². The van der Waals surface area contributed by atoms with Gasteiger partial charge < -0.3 is 15.4 Å². The Morgan fingerprint density at radius 1 is 1.24 bits per heavy atom. The number of carbonyl (C=O) groups is 1. The maximum absolute atomic E-state index is 12.0. The van der Waals surface area contributed by atoms with Crippen LogP contribution in [0.15, 0.2) is 42.5 Å². The van der Waals surface area contributed by atoms with Gasteiger partial charge >= 0.3 is 0 Å². The highest BCUT2D eigenvalue weighted by molar-refractivity contribution is 5.81. The molecule has 0 aliphatic rings. The molecule has 0 spiro atoms. The number of carbonyl (C=O) groups excluding carboxylic acids is 1. The average Bonchev–Trinajstić information content (AvgIpc) is 2.61. The molecule has 0 aliphatic heterocycles. The molecule has 0 aliphatic carbocycles. The summed E-state index contributed by atoms with van der Waals surface area (Å²) in [6.07, 6.45) is 0.749. The first kappa shape index (κ1) is 18.3. The van der Waals surface area contributed by atoms with Crippen molar-refractivity contribution in [2.45, 2.75) is 13.3 Å². The monoisotopic (exact) mass is 343 g/mol. The largest absolute Gasteiger partial charge is 0.495 e. The zero-order valence-corrected chi connectivity index (χ0v) is 14.2. The lowest BCUT2D eigenvalue weighted by molar-refractivity contribution is -0.384. The number of methoxy groups -OCH3 is 1. The molecule has 0 aromatic heterocycles. The van der Waals surface area contributed by atoms with Crippen molar-refractivity contribution in [3.8, 4) is 5.75 Å². The Morgan fingerprint density at radius 2 is 2.00 bits per heavy atom. The molecule has 2 aromatic rings. The maximum Gasteiger partial charge on any atom is 0.271 e. The Balaban J connectivity index is 1.86. The summed E-state index contributed by atoms with van der Waals surface area (Å²) >= 11 is 0. The van der Waals surface area contributed by atoms with E-state index in [0.717, 1.165) is 6.42 Å². The van der Waals surface area contributed by atoms with E-state index in [-0.39, 0.29) is 18.1 Å². The predicted octanol–water partition coefficient (Wildman–Crippen LogP) is 2.68. The molecule has 0 heterocycles. The average molecular weight is 343 g/mol. The highest BCUT2D eigenvalue weighted by Gasteiger charge is 2.12. The zero-order valence-electron chi connectivity index (χ0n) is 14.2. The van der Waals surface area contributed by atoms with E-state index in [0.29, 0.717) is 18.0 Å². The van der Waals surface area contributed by atoms with E-state index in [9.17, 15) is 14.9 Å². The van der Waals surface area contributed by atoms with Gasteiger partial charge in [0.2, 0.25) is 5.91 Å². The van der Waals surface area contributed by atoms with Crippen molar-refractivity contribution < 1.29 is 14.5 Å². The number of hydrogen-bond donors (Lipinski definition) is 2. The van der Waals surface area contributed by atoms with Gasteiger partial charge in [-0.05, 0) is 30.5 Å². The molecular weight excluding hydrogens is 322 g/mol. The van der Waals surface area contributed by atoms with E-state index in [4.69, 9.17) is 4.74 Å². The van der Waals surface area contributed by atoms with Gasteiger partial charge in [-0.25, -0.2) is 0 Å². The fourth-order valence-electron chi connectivity index (χ4n) is 2.41. The van der Waals surface area contributed by atoms with Gasteiger partial charge in [0.15, 0.2) is 0 Å². The lowest BCUT2D eigenvalue weighted by Crippen LogP contribution is -2.31. The summed E-state index contributed by atoms with van der Waals surface area (Å²) in [5.74, 6) is 0.250. The quantitative estimate of drug-likeness (QED) is 0.568. The molecule has 2 aromatic carbocycles. The standard InChI is InChI=1S/C18H21N3O4/c1-13-5-3-4-6-14(13)9-10-19-18(22)12-20-16-11-15(21(23)24)7-8-17(16)25-2/h3-8,11,20H,9-10,12H2,1-2H3,(H,19,22). The Morgan fingerprint density at radius 3 is 2.68 bits per heavy atom. The zero-order chi connectivity index (χ0) is 18.2. The number of rotatable bonds is 8. The van der Waals surface area contributed by atoms with Crippen LogP contribution in [0.25, 0.3) is 0 Å². The third-order valence-corrected chi connectivity index (χ3v) is 3.81. The predicted molar refractivity (Wildman–Crippen MR) is 96.0 cm³/mol. The smallest absolute Gasteiger partial charge is 0.271 e. The van der Waals surface area contributed by atoms with E-state index in [1.807, 2.05) is 31.2 Å². The van der Waals surface area contributed by atoms with Gasteiger partial charge in [0.25, 0.3) is 5.69 Å². The second-order valence-corrected chi connectivity index (χ2v) is 5.52. The Kier molecular flexibility index (Phi) is 6.33. The molecule has 0 atom stereocenters. The van der Waals surface area contributed by atoms with E-state index in [2.05, 4.69) is 10.6 Å². The Bertz CT molecular complexity index is 762. The van der Waals surface area contributed by atoms with Crippen LogP contribution in [0.2, 0.25) is 0 Å². The van der Waals surface area contributed by atoms with E-state index in [1.54, 1.807) is 0 Å². The van der Waals surface area contributed by atoms with Crippen molar-refractivity contribution in [2.24, 2.45) is 0 Å². The first-order valence-corrected chi connectivity index (χ1v) is 7.88. The normalized spacial score (nSPS) is 10.2. The number of nitro groups is 1. The van der Waals surface area contributed by atoms with Crippen LogP contribution in [-0.4, -0.2) is 31.0 Å². The van der Waals surface area contributed by atoms with Crippen LogP contribution in [-0.2, 0) is 11.2 Å². The summed E-state index contributed by atoms with van der Waals surface area (Å²) in [7, 11) is 1.47. The van der Waals surface area contributed by atoms with Gasteiger partial charge in [-0.15, -0.1) is 0 Å². The molecule has 132 valence electrons. The SMILES string of the molecule is COc1ccc([N+](=O)[O-])cc1NCC(=O)NCCc1ccccc1C. The fourth-order valence-corrected chi connectivity index (χ4v) is 2.41. The van der Waals surface area contributed by atoms with Crippen LogP contribution in [0.1, 0.15) is 11.1 Å². The van der Waals surface area contributed by atoms with Crippen molar-refractivity contribution in [3.05, 3.63) is 63.7 Å². The Hall–Kier alpha value is -3.09. The van der Waals surface area contributed by atoms with Gasteiger partial charge in [0.1, 0.15) is 5.75 Å². The number of hydrogen-bond acceptors (Lipinski definition) is 5. The van der Waals surface area contributed by atoms with Crippen molar-refractivity contribution in [1.82, 2.24) is 5.32 Å². The summed E-state index contributed by atoms with van der Waals surface area (Å²) in [6.45, 7) is 2.57. The van der Waals surface area contributed by atoms with Gasteiger partial charge in [-0.1, -0.05) is 24.3 Å². The van der Waals surface area contributed by atoms with E-state index >= 15 is 0 Å². The molecule has 0 saturated heterocycles. The highest BCUT2D eigenvalue weighted by Crippen LogP contribution is 2.28. The molecule has 7 nitrogen and oxygen atoms in total. The highest BCUT2D eigenvalue weighted by atomic mass is 16.6. The lowest BCUT2D eigenvalue weighted by Gasteiger charge is -2.11. The van der Waals surface area contributed by atoms with Crippen molar-refractivity contribution >= 4 is 17.3 Å². The summed E-state index contributed by atoms with van der Waals surface area (Å²) in [5, 5.41) is 16.6. The first-order chi connectivity index (χ1) is 12.0. The van der Waals surface area contributed by atoms with Gasteiger partial charge in [0, 0.05) is 18.7 Å². The molecule has 0 radical (unpaired) electrons. The molecule has 2 rings (SSSR count). The molecule has 0 bridgehead atoms. The first-order valence-electron chi connectivity index (χ1n) is 7.88. The molecular formula is C18H21N3O4.